The first kappa shape index (κ1) is 14.4. The summed E-state index contributed by atoms with van der Waals surface area (Å²) in [6, 6.07) is 8.62. The largest absolute Gasteiger partial charge is 0.466 e. The maximum atomic E-state index is 11.1. The molecule has 0 aliphatic rings. The number of benzene rings is 1. The van der Waals surface area contributed by atoms with E-state index < -0.39 is 0 Å². The summed E-state index contributed by atoms with van der Waals surface area (Å²) in [7, 11) is 0. The van der Waals surface area contributed by atoms with Gasteiger partial charge in [-0.15, -0.1) is 0 Å². The first-order valence-corrected chi connectivity index (χ1v) is 6.85. The number of carbonyl (C=O) groups excluding carboxylic acids is 1. The van der Waals surface area contributed by atoms with Crippen LogP contribution in [0.2, 0.25) is 0 Å². The van der Waals surface area contributed by atoms with E-state index in [4.69, 9.17) is 4.74 Å². The maximum Gasteiger partial charge on any atom is 0.307 e. The number of esters is 1. The molecule has 0 radical (unpaired) electrons. The van der Waals surface area contributed by atoms with Crippen LogP contribution in [0.5, 0.6) is 0 Å². The van der Waals surface area contributed by atoms with Crippen LogP contribution in [-0.2, 0) is 9.53 Å². The fourth-order valence-corrected chi connectivity index (χ4v) is 1.85. The summed E-state index contributed by atoms with van der Waals surface area (Å²) in [5.41, 5.74) is 1.23. The number of rotatable bonds is 6. The standard InChI is InChI=1S/C13H18INO2/c1-3-17-13(16)8-9-15-10(2)11-4-6-12(14)7-5-11/h4-7,10,15H,3,8-9H2,1-2H3. The highest BCUT2D eigenvalue weighted by molar-refractivity contribution is 14.1. The van der Waals surface area contributed by atoms with Crippen LogP contribution < -0.4 is 5.32 Å². The van der Waals surface area contributed by atoms with E-state index in [0.717, 1.165) is 0 Å². The number of carbonyl (C=O) groups is 1. The van der Waals surface area contributed by atoms with Crippen molar-refractivity contribution in [2.24, 2.45) is 0 Å². The second-order valence-corrected chi connectivity index (χ2v) is 5.03. The number of ether oxygens (including phenoxy) is 1. The summed E-state index contributed by atoms with van der Waals surface area (Å²) >= 11 is 2.28. The summed E-state index contributed by atoms with van der Waals surface area (Å²) in [5, 5.41) is 3.30. The molecule has 94 valence electrons. The van der Waals surface area contributed by atoms with Crippen molar-refractivity contribution >= 4 is 28.6 Å². The SMILES string of the molecule is CCOC(=O)CCNC(C)c1ccc(I)cc1. The molecule has 0 aliphatic carbocycles. The molecule has 0 bridgehead atoms. The van der Waals surface area contributed by atoms with Gasteiger partial charge in [0.05, 0.1) is 13.0 Å². The van der Waals surface area contributed by atoms with Crippen molar-refractivity contribution in [3.05, 3.63) is 33.4 Å². The van der Waals surface area contributed by atoms with Gasteiger partial charge in [-0.1, -0.05) is 12.1 Å². The van der Waals surface area contributed by atoms with E-state index in [-0.39, 0.29) is 12.0 Å². The average molecular weight is 347 g/mol. The molecule has 0 saturated heterocycles. The normalized spacial score (nSPS) is 12.2. The minimum absolute atomic E-state index is 0.144. The molecule has 0 aliphatic heterocycles. The monoisotopic (exact) mass is 347 g/mol. The molecule has 0 aromatic heterocycles. The third kappa shape index (κ3) is 5.50. The highest BCUT2D eigenvalue weighted by Gasteiger charge is 2.06. The first-order valence-electron chi connectivity index (χ1n) is 5.78. The molecule has 1 aromatic carbocycles. The van der Waals surface area contributed by atoms with Crippen LogP contribution in [0, 0.1) is 3.57 Å². The molecule has 1 atom stereocenters. The minimum Gasteiger partial charge on any atom is -0.466 e. The number of halogens is 1. The Labute approximate surface area is 116 Å². The lowest BCUT2D eigenvalue weighted by molar-refractivity contribution is -0.143. The predicted molar refractivity (Wildman–Crippen MR) is 76.8 cm³/mol. The average Bonchev–Trinajstić information content (AvgIpc) is 2.30. The van der Waals surface area contributed by atoms with Crippen LogP contribution in [0.25, 0.3) is 0 Å². The Morgan fingerprint density at radius 2 is 2.06 bits per heavy atom. The topological polar surface area (TPSA) is 38.3 Å². The Morgan fingerprint density at radius 1 is 1.41 bits per heavy atom. The van der Waals surface area contributed by atoms with Gasteiger partial charge >= 0.3 is 5.97 Å². The van der Waals surface area contributed by atoms with E-state index >= 15 is 0 Å². The minimum atomic E-state index is -0.144. The molecule has 17 heavy (non-hydrogen) atoms. The molecule has 0 amide bonds. The van der Waals surface area contributed by atoms with E-state index in [2.05, 4.69) is 59.1 Å². The fraction of sp³-hybridized carbons (Fsp3) is 0.462. The highest BCUT2D eigenvalue weighted by atomic mass is 127. The Morgan fingerprint density at radius 3 is 2.65 bits per heavy atom. The van der Waals surface area contributed by atoms with E-state index in [1.165, 1.54) is 9.13 Å². The van der Waals surface area contributed by atoms with E-state index in [1.807, 2.05) is 6.92 Å². The zero-order valence-corrected chi connectivity index (χ0v) is 12.4. The van der Waals surface area contributed by atoms with Gasteiger partial charge in [-0.2, -0.15) is 0 Å². The summed E-state index contributed by atoms with van der Waals surface area (Å²) < 4.78 is 6.09. The smallest absolute Gasteiger partial charge is 0.307 e. The van der Waals surface area contributed by atoms with Crippen LogP contribution in [0.15, 0.2) is 24.3 Å². The van der Waals surface area contributed by atoms with Crippen LogP contribution in [0.4, 0.5) is 0 Å². The van der Waals surface area contributed by atoms with Crippen molar-refractivity contribution < 1.29 is 9.53 Å². The zero-order chi connectivity index (χ0) is 12.7. The molecular weight excluding hydrogens is 329 g/mol. The lowest BCUT2D eigenvalue weighted by Crippen LogP contribution is -2.22. The van der Waals surface area contributed by atoms with E-state index in [0.29, 0.717) is 19.6 Å². The molecule has 0 spiro atoms. The van der Waals surface area contributed by atoms with Gasteiger partial charge in [-0.3, -0.25) is 4.79 Å². The van der Waals surface area contributed by atoms with Gasteiger partial charge in [0.1, 0.15) is 0 Å². The second kappa shape index (κ2) is 7.66. The van der Waals surface area contributed by atoms with Gasteiger partial charge in [0.15, 0.2) is 0 Å². The third-order valence-electron chi connectivity index (χ3n) is 2.45. The van der Waals surface area contributed by atoms with Gasteiger partial charge in [0.25, 0.3) is 0 Å². The molecule has 0 fully saturated rings. The van der Waals surface area contributed by atoms with Gasteiger partial charge in [0.2, 0.25) is 0 Å². The molecule has 4 heteroatoms. The van der Waals surface area contributed by atoms with Crippen LogP contribution in [-0.4, -0.2) is 19.1 Å². The Balaban J connectivity index is 2.32. The lowest BCUT2D eigenvalue weighted by atomic mass is 10.1. The Hall–Kier alpha value is -0.620. The van der Waals surface area contributed by atoms with Crippen molar-refractivity contribution in [1.82, 2.24) is 5.32 Å². The van der Waals surface area contributed by atoms with E-state index in [9.17, 15) is 4.79 Å². The van der Waals surface area contributed by atoms with Crippen LogP contribution in [0.3, 0.4) is 0 Å². The van der Waals surface area contributed by atoms with Gasteiger partial charge in [-0.25, -0.2) is 0 Å². The molecule has 3 nitrogen and oxygen atoms in total. The van der Waals surface area contributed by atoms with Crippen molar-refractivity contribution in [3.63, 3.8) is 0 Å². The van der Waals surface area contributed by atoms with E-state index in [1.54, 1.807) is 0 Å². The van der Waals surface area contributed by atoms with Gasteiger partial charge < -0.3 is 10.1 Å². The quantitative estimate of drug-likeness (QED) is 0.635. The summed E-state index contributed by atoms with van der Waals surface area (Å²) in [5.74, 6) is -0.144. The number of nitrogens with one attached hydrogen (secondary N) is 1. The summed E-state index contributed by atoms with van der Waals surface area (Å²) in [6.07, 6.45) is 0.419. The molecule has 0 heterocycles. The summed E-state index contributed by atoms with van der Waals surface area (Å²) in [6.45, 7) is 5.00. The van der Waals surface area contributed by atoms with Crippen molar-refractivity contribution in [1.29, 1.82) is 0 Å². The second-order valence-electron chi connectivity index (χ2n) is 3.78. The number of hydrogen-bond acceptors (Lipinski definition) is 3. The highest BCUT2D eigenvalue weighted by Crippen LogP contribution is 2.14. The molecule has 1 aromatic rings. The fourth-order valence-electron chi connectivity index (χ4n) is 1.49. The molecule has 1 unspecified atom stereocenters. The van der Waals surface area contributed by atoms with Crippen molar-refractivity contribution in [2.45, 2.75) is 26.3 Å². The molecule has 1 N–H and O–H groups in total. The zero-order valence-electron chi connectivity index (χ0n) is 10.2. The molecule has 0 saturated carbocycles. The summed E-state index contributed by atoms with van der Waals surface area (Å²) in [4.78, 5) is 11.1. The van der Waals surface area contributed by atoms with Crippen LogP contribution in [0.1, 0.15) is 31.9 Å². The van der Waals surface area contributed by atoms with Crippen LogP contribution >= 0.6 is 22.6 Å². The number of hydrogen-bond donors (Lipinski definition) is 1. The predicted octanol–water partition coefficient (Wildman–Crippen LogP) is 2.90. The van der Waals surface area contributed by atoms with Gasteiger partial charge in [-0.05, 0) is 54.1 Å². The van der Waals surface area contributed by atoms with Crippen molar-refractivity contribution in [2.75, 3.05) is 13.2 Å². The molecular formula is C13H18INO2. The first-order chi connectivity index (χ1) is 8.13. The Kier molecular flexibility index (Phi) is 6.50. The lowest BCUT2D eigenvalue weighted by Gasteiger charge is -2.13. The Bertz CT molecular complexity index is 351. The van der Waals surface area contributed by atoms with Crippen molar-refractivity contribution in [3.8, 4) is 0 Å². The third-order valence-corrected chi connectivity index (χ3v) is 3.17. The maximum absolute atomic E-state index is 11.1. The molecule has 1 rings (SSSR count). The van der Waals surface area contributed by atoms with Gasteiger partial charge in [0, 0.05) is 16.2 Å².